The zero-order valence-electron chi connectivity index (χ0n) is 21.6. The van der Waals surface area contributed by atoms with E-state index in [-0.39, 0.29) is 24.7 Å². The molecule has 0 heterocycles. The lowest BCUT2D eigenvalue weighted by molar-refractivity contribution is -0.0530. The first kappa shape index (κ1) is 27.8. The zero-order chi connectivity index (χ0) is 26.9. The molecule has 6 nitrogen and oxygen atoms in total. The van der Waals surface area contributed by atoms with E-state index in [4.69, 9.17) is 21.1 Å². The molecule has 0 spiro atoms. The summed E-state index contributed by atoms with van der Waals surface area (Å²) in [5.41, 5.74) is 3.26. The molecular formula is C31H34ClNO5. The molecule has 0 saturated heterocycles. The summed E-state index contributed by atoms with van der Waals surface area (Å²) in [7, 11) is 0. The number of halogens is 1. The number of aromatic carboxylic acids is 1. The number of ether oxygens (including phenoxy) is 2. The number of carboxylic acids is 1. The number of carboxylic acid groups (broad SMARTS) is 1. The average Bonchev–Trinajstić information content (AvgIpc) is 2.92. The van der Waals surface area contributed by atoms with E-state index >= 15 is 0 Å². The number of rotatable bonds is 11. The Morgan fingerprint density at radius 2 is 1.61 bits per heavy atom. The lowest BCUT2D eigenvalue weighted by Crippen LogP contribution is -2.35. The summed E-state index contributed by atoms with van der Waals surface area (Å²) in [5.74, 6) is -0.996. The SMILES string of the molecule is Cc1cccc(CO[C@@H]2CCC[C@H](OCCN(Cc3ccccc3Cl)C(=O)c3ccccc3)C2)c1C(=O)O. The van der Waals surface area contributed by atoms with Crippen LogP contribution in [0.5, 0.6) is 0 Å². The highest BCUT2D eigenvalue weighted by atomic mass is 35.5. The first-order valence-corrected chi connectivity index (χ1v) is 13.4. The van der Waals surface area contributed by atoms with Crippen LogP contribution in [0.15, 0.2) is 72.8 Å². The van der Waals surface area contributed by atoms with Crippen LogP contribution in [-0.2, 0) is 22.6 Å². The minimum absolute atomic E-state index is 0.00101. The summed E-state index contributed by atoms with van der Waals surface area (Å²) < 4.78 is 12.4. The first-order valence-electron chi connectivity index (χ1n) is 13.0. The van der Waals surface area contributed by atoms with Crippen molar-refractivity contribution in [2.24, 2.45) is 0 Å². The second-order valence-corrected chi connectivity index (χ2v) is 10.1. The maximum absolute atomic E-state index is 13.3. The Kier molecular flexibility index (Phi) is 9.93. The van der Waals surface area contributed by atoms with Crippen LogP contribution in [0.4, 0.5) is 0 Å². The van der Waals surface area contributed by atoms with E-state index in [1.807, 2.05) is 66.7 Å². The van der Waals surface area contributed by atoms with Crippen LogP contribution in [0.1, 0.15) is 63.1 Å². The maximum Gasteiger partial charge on any atom is 0.336 e. The van der Waals surface area contributed by atoms with Crippen molar-refractivity contribution in [1.29, 1.82) is 0 Å². The van der Waals surface area contributed by atoms with Crippen molar-refractivity contribution in [3.05, 3.63) is 106 Å². The van der Waals surface area contributed by atoms with Gasteiger partial charge in [-0.05, 0) is 67.5 Å². The number of hydrogen-bond donors (Lipinski definition) is 1. The second kappa shape index (κ2) is 13.6. The predicted molar refractivity (Wildman–Crippen MR) is 148 cm³/mol. The van der Waals surface area contributed by atoms with Crippen molar-refractivity contribution < 1.29 is 24.2 Å². The Bertz CT molecular complexity index is 1230. The van der Waals surface area contributed by atoms with E-state index in [9.17, 15) is 14.7 Å². The molecule has 0 aliphatic heterocycles. The third-order valence-electron chi connectivity index (χ3n) is 6.97. The number of benzene rings is 3. The fourth-order valence-electron chi connectivity index (χ4n) is 4.94. The van der Waals surface area contributed by atoms with Gasteiger partial charge in [-0.3, -0.25) is 4.79 Å². The molecule has 0 unspecified atom stereocenters. The minimum Gasteiger partial charge on any atom is -0.478 e. The van der Waals surface area contributed by atoms with Gasteiger partial charge in [-0.1, -0.05) is 66.2 Å². The predicted octanol–water partition coefficient (Wildman–Crippen LogP) is 6.53. The quantitative estimate of drug-likeness (QED) is 0.302. The molecule has 7 heteroatoms. The first-order chi connectivity index (χ1) is 18.4. The van der Waals surface area contributed by atoms with Crippen LogP contribution in [0.3, 0.4) is 0 Å². The number of nitrogens with zero attached hydrogens (tertiary/aromatic N) is 1. The molecule has 0 radical (unpaired) electrons. The highest BCUT2D eigenvalue weighted by molar-refractivity contribution is 6.31. The van der Waals surface area contributed by atoms with Crippen molar-refractivity contribution in [2.45, 2.75) is 58.0 Å². The molecule has 200 valence electrons. The van der Waals surface area contributed by atoms with Gasteiger partial charge in [0.25, 0.3) is 5.91 Å². The van der Waals surface area contributed by atoms with Crippen molar-refractivity contribution in [2.75, 3.05) is 13.2 Å². The zero-order valence-corrected chi connectivity index (χ0v) is 22.4. The molecule has 1 amide bonds. The number of carbonyl (C=O) groups excluding carboxylic acids is 1. The second-order valence-electron chi connectivity index (χ2n) is 9.69. The minimum atomic E-state index is -0.932. The van der Waals surface area contributed by atoms with Crippen LogP contribution in [-0.4, -0.2) is 47.2 Å². The monoisotopic (exact) mass is 535 g/mol. The molecule has 0 aromatic heterocycles. The number of aryl methyl sites for hydroxylation is 1. The third-order valence-corrected chi connectivity index (χ3v) is 7.34. The van der Waals surface area contributed by atoms with Crippen molar-refractivity contribution >= 4 is 23.5 Å². The Hall–Kier alpha value is -3.19. The van der Waals surface area contributed by atoms with Gasteiger partial charge in [0.05, 0.1) is 31.0 Å². The largest absolute Gasteiger partial charge is 0.478 e. The van der Waals surface area contributed by atoms with Gasteiger partial charge in [0.2, 0.25) is 0 Å². The molecular weight excluding hydrogens is 502 g/mol. The molecule has 0 bridgehead atoms. The summed E-state index contributed by atoms with van der Waals surface area (Å²) in [6.45, 7) is 3.30. The van der Waals surface area contributed by atoms with Gasteiger partial charge in [0, 0.05) is 23.7 Å². The normalized spacial score (nSPS) is 17.2. The number of carbonyl (C=O) groups is 2. The summed E-state index contributed by atoms with van der Waals surface area (Å²) in [4.78, 5) is 26.7. The Balaban J connectivity index is 1.33. The molecule has 3 aromatic rings. The molecule has 1 N–H and O–H groups in total. The lowest BCUT2D eigenvalue weighted by Gasteiger charge is -2.30. The van der Waals surface area contributed by atoms with Gasteiger partial charge in [-0.25, -0.2) is 4.79 Å². The molecule has 1 aliphatic carbocycles. The highest BCUT2D eigenvalue weighted by Crippen LogP contribution is 2.26. The van der Waals surface area contributed by atoms with Gasteiger partial charge in [-0.15, -0.1) is 0 Å². The molecule has 1 saturated carbocycles. The van der Waals surface area contributed by atoms with Crippen molar-refractivity contribution in [1.82, 2.24) is 4.90 Å². The van der Waals surface area contributed by atoms with Gasteiger partial charge < -0.3 is 19.5 Å². The Labute approximate surface area is 229 Å². The van der Waals surface area contributed by atoms with E-state index in [1.165, 1.54) is 0 Å². The van der Waals surface area contributed by atoms with E-state index < -0.39 is 5.97 Å². The van der Waals surface area contributed by atoms with Gasteiger partial charge >= 0.3 is 5.97 Å². The Morgan fingerprint density at radius 3 is 2.34 bits per heavy atom. The van der Waals surface area contributed by atoms with Crippen LogP contribution < -0.4 is 0 Å². The van der Waals surface area contributed by atoms with Gasteiger partial charge in [0.15, 0.2) is 0 Å². The average molecular weight is 536 g/mol. The smallest absolute Gasteiger partial charge is 0.336 e. The summed E-state index contributed by atoms with van der Waals surface area (Å²) in [6, 6.07) is 22.3. The maximum atomic E-state index is 13.3. The van der Waals surface area contributed by atoms with Crippen LogP contribution in [0.2, 0.25) is 5.02 Å². The molecule has 1 fully saturated rings. The van der Waals surface area contributed by atoms with E-state index in [0.29, 0.717) is 41.4 Å². The van der Waals surface area contributed by atoms with Gasteiger partial charge in [0.1, 0.15) is 0 Å². The number of hydrogen-bond acceptors (Lipinski definition) is 4. The fourth-order valence-corrected chi connectivity index (χ4v) is 5.14. The highest BCUT2D eigenvalue weighted by Gasteiger charge is 2.25. The molecule has 38 heavy (non-hydrogen) atoms. The summed E-state index contributed by atoms with van der Waals surface area (Å²) >= 11 is 6.38. The third kappa shape index (κ3) is 7.44. The van der Waals surface area contributed by atoms with Crippen molar-refractivity contribution in [3.63, 3.8) is 0 Å². The van der Waals surface area contributed by atoms with Crippen LogP contribution >= 0.6 is 11.6 Å². The van der Waals surface area contributed by atoms with Gasteiger partial charge in [-0.2, -0.15) is 0 Å². The number of amides is 1. The molecule has 3 aromatic carbocycles. The lowest BCUT2D eigenvalue weighted by atomic mass is 9.94. The van der Waals surface area contributed by atoms with Crippen molar-refractivity contribution in [3.8, 4) is 0 Å². The summed E-state index contributed by atoms with van der Waals surface area (Å²) in [6.07, 6.45) is 3.59. The van der Waals surface area contributed by atoms with Crippen LogP contribution in [0, 0.1) is 6.92 Å². The van der Waals surface area contributed by atoms with E-state index in [2.05, 4.69) is 0 Å². The standard InChI is InChI=1S/C31H34ClNO5/c1-22-9-7-13-25(29(22)31(35)36)21-38-27-15-8-14-26(19-27)37-18-17-33(20-24-12-5-6-16-28(24)32)30(34)23-10-3-2-4-11-23/h2-7,9-13,16,26-27H,8,14-15,17-21H2,1H3,(H,35,36)/t26-,27+/m0/s1. The van der Waals surface area contributed by atoms with E-state index in [1.54, 1.807) is 17.9 Å². The van der Waals surface area contributed by atoms with E-state index in [0.717, 1.165) is 36.8 Å². The summed E-state index contributed by atoms with van der Waals surface area (Å²) in [5, 5.41) is 10.2. The van der Waals surface area contributed by atoms with Crippen LogP contribution in [0.25, 0.3) is 0 Å². The Morgan fingerprint density at radius 1 is 0.921 bits per heavy atom. The molecule has 2 atom stereocenters. The fraction of sp³-hybridized carbons (Fsp3) is 0.355. The molecule has 4 rings (SSSR count). The topological polar surface area (TPSA) is 76.1 Å². The molecule has 1 aliphatic rings.